The summed E-state index contributed by atoms with van der Waals surface area (Å²) in [6, 6.07) is 9.90. The number of carbonyl (C=O) groups excluding carboxylic acids is 1. The molecule has 1 aromatic carbocycles. The minimum atomic E-state index is -0.236. The Bertz CT molecular complexity index is 785. The van der Waals surface area contributed by atoms with Crippen LogP contribution in [0.1, 0.15) is 28.8 Å². The molecule has 144 valence electrons. The standard InChI is InChI=1S/C20H24N2O4S/c1-14-20(25)17(16(11-23)9-21-14)10-22-18(24)7-8-27-19(22)13-26-12-15-5-3-2-4-6-15/h2-6,9,19,23,25H,7-8,10-13H2,1H3. The van der Waals surface area contributed by atoms with Crippen molar-refractivity contribution in [3.8, 4) is 5.75 Å². The molecule has 0 bridgehead atoms. The van der Waals surface area contributed by atoms with Crippen LogP contribution in [-0.4, -0.2) is 43.7 Å². The maximum Gasteiger partial charge on any atom is 0.224 e. The van der Waals surface area contributed by atoms with Crippen LogP contribution in [0.4, 0.5) is 0 Å². The molecule has 3 rings (SSSR count). The van der Waals surface area contributed by atoms with E-state index in [-0.39, 0.29) is 30.2 Å². The number of carbonyl (C=O) groups is 1. The zero-order chi connectivity index (χ0) is 19.2. The molecule has 6 nitrogen and oxygen atoms in total. The van der Waals surface area contributed by atoms with Gasteiger partial charge in [-0.3, -0.25) is 9.78 Å². The number of ether oxygens (including phenoxy) is 1. The van der Waals surface area contributed by atoms with E-state index in [1.807, 2.05) is 30.3 Å². The molecule has 1 atom stereocenters. The Kier molecular flexibility index (Phi) is 6.71. The molecule has 1 aliphatic heterocycles. The van der Waals surface area contributed by atoms with Crippen LogP contribution in [0.3, 0.4) is 0 Å². The summed E-state index contributed by atoms with van der Waals surface area (Å²) in [5.41, 5.74) is 2.65. The molecule has 1 fully saturated rings. The van der Waals surface area contributed by atoms with Crippen molar-refractivity contribution in [2.75, 3.05) is 12.4 Å². The third-order valence-electron chi connectivity index (χ3n) is 4.60. The monoisotopic (exact) mass is 388 g/mol. The lowest BCUT2D eigenvalue weighted by Gasteiger charge is -2.35. The van der Waals surface area contributed by atoms with Crippen molar-refractivity contribution in [3.05, 3.63) is 58.9 Å². The molecule has 1 amide bonds. The highest BCUT2D eigenvalue weighted by Gasteiger charge is 2.30. The summed E-state index contributed by atoms with van der Waals surface area (Å²) in [6.45, 7) is 2.59. The van der Waals surface area contributed by atoms with E-state index in [9.17, 15) is 15.0 Å². The van der Waals surface area contributed by atoms with Gasteiger partial charge in [0.05, 0.1) is 32.1 Å². The van der Waals surface area contributed by atoms with Crippen LogP contribution < -0.4 is 0 Å². The predicted octanol–water partition coefficient (Wildman–Crippen LogP) is 2.60. The van der Waals surface area contributed by atoms with Gasteiger partial charge in [-0.15, -0.1) is 11.8 Å². The van der Waals surface area contributed by atoms with Gasteiger partial charge < -0.3 is 19.8 Å². The smallest absolute Gasteiger partial charge is 0.224 e. The van der Waals surface area contributed by atoms with E-state index in [0.29, 0.717) is 36.5 Å². The van der Waals surface area contributed by atoms with Crippen LogP contribution in [0, 0.1) is 6.92 Å². The SMILES string of the molecule is Cc1ncc(CO)c(CN2C(=O)CCSC2COCc2ccccc2)c1O. The van der Waals surface area contributed by atoms with Crippen molar-refractivity contribution in [2.45, 2.75) is 38.5 Å². The zero-order valence-corrected chi connectivity index (χ0v) is 16.1. The van der Waals surface area contributed by atoms with Gasteiger partial charge in [0.25, 0.3) is 0 Å². The number of aromatic hydroxyl groups is 1. The van der Waals surface area contributed by atoms with Gasteiger partial charge >= 0.3 is 0 Å². The number of hydrogen-bond acceptors (Lipinski definition) is 6. The third-order valence-corrected chi connectivity index (χ3v) is 5.81. The number of aryl methyl sites for hydroxylation is 1. The molecule has 1 saturated heterocycles. The molecular weight excluding hydrogens is 364 g/mol. The Labute approximate surface area is 163 Å². The second-order valence-electron chi connectivity index (χ2n) is 6.45. The number of pyridine rings is 1. The number of thioether (sulfide) groups is 1. The van der Waals surface area contributed by atoms with Crippen LogP contribution in [0.15, 0.2) is 36.5 Å². The Morgan fingerprint density at radius 2 is 2.11 bits per heavy atom. The van der Waals surface area contributed by atoms with Crippen molar-refractivity contribution < 1.29 is 19.7 Å². The van der Waals surface area contributed by atoms with E-state index in [0.717, 1.165) is 11.3 Å². The molecule has 0 radical (unpaired) electrons. The van der Waals surface area contributed by atoms with Crippen molar-refractivity contribution in [1.29, 1.82) is 0 Å². The third kappa shape index (κ3) is 4.80. The number of hydrogen-bond donors (Lipinski definition) is 2. The largest absolute Gasteiger partial charge is 0.506 e. The molecule has 0 aliphatic carbocycles. The van der Waals surface area contributed by atoms with E-state index < -0.39 is 0 Å². The van der Waals surface area contributed by atoms with Gasteiger partial charge in [0.15, 0.2) is 0 Å². The first-order valence-electron chi connectivity index (χ1n) is 8.90. The Morgan fingerprint density at radius 3 is 2.85 bits per heavy atom. The molecular formula is C20H24N2O4S. The lowest BCUT2D eigenvalue weighted by atomic mass is 10.1. The average Bonchev–Trinajstić information content (AvgIpc) is 2.68. The summed E-state index contributed by atoms with van der Waals surface area (Å²) in [5.74, 6) is 0.816. The van der Waals surface area contributed by atoms with Gasteiger partial charge in [0.2, 0.25) is 5.91 Å². The second-order valence-corrected chi connectivity index (χ2v) is 7.74. The molecule has 1 aromatic heterocycles. The summed E-state index contributed by atoms with van der Waals surface area (Å²) in [7, 11) is 0. The van der Waals surface area contributed by atoms with Gasteiger partial charge in [0, 0.05) is 29.5 Å². The fourth-order valence-corrected chi connectivity index (χ4v) is 4.15. The van der Waals surface area contributed by atoms with Crippen molar-refractivity contribution in [3.63, 3.8) is 0 Å². The number of nitrogens with zero attached hydrogens (tertiary/aromatic N) is 2. The van der Waals surface area contributed by atoms with Gasteiger partial charge in [-0.2, -0.15) is 0 Å². The second kappa shape index (κ2) is 9.21. The summed E-state index contributed by atoms with van der Waals surface area (Å²) in [5, 5.41) is 19.8. The summed E-state index contributed by atoms with van der Waals surface area (Å²) >= 11 is 1.67. The molecule has 0 saturated carbocycles. The number of benzene rings is 1. The summed E-state index contributed by atoms with van der Waals surface area (Å²) < 4.78 is 5.85. The first-order valence-corrected chi connectivity index (χ1v) is 9.95. The highest BCUT2D eigenvalue weighted by molar-refractivity contribution is 8.00. The summed E-state index contributed by atoms with van der Waals surface area (Å²) in [4.78, 5) is 18.3. The maximum atomic E-state index is 12.5. The first kappa shape index (κ1) is 19.7. The quantitative estimate of drug-likeness (QED) is 0.759. The van der Waals surface area contributed by atoms with Crippen LogP contribution >= 0.6 is 11.8 Å². The number of aliphatic hydroxyl groups is 1. The zero-order valence-electron chi connectivity index (χ0n) is 15.3. The molecule has 1 aliphatic rings. The normalized spacial score (nSPS) is 17.3. The average molecular weight is 388 g/mol. The van der Waals surface area contributed by atoms with Gasteiger partial charge in [-0.25, -0.2) is 0 Å². The van der Waals surface area contributed by atoms with E-state index in [4.69, 9.17) is 4.74 Å². The maximum absolute atomic E-state index is 12.5. The minimum absolute atomic E-state index is 0.0276. The molecule has 0 spiro atoms. The van der Waals surface area contributed by atoms with E-state index in [2.05, 4.69) is 4.98 Å². The number of amides is 1. The molecule has 27 heavy (non-hydrogen) atoms. The fraction of sp³-hybridized carbons (Fsp3) is 0.400. The fourth-order valence-electron chi connectivity index (χ4n) is 3.02. The molecule has 2 aromatic rings. The topological polar surface area (TPSA) is 82.9 Å². The minimum Gasteiger partial charge on any atom is -0.506 e. The highest BCUT2D eigenvalue weighted by Crippen LogP contribution is 2.31. The Balaban J connectivity index is 1.71. The lowest BCUT2D eigenvalue weighted by Crippen LogP contribution is -2.44. The number of aliphatic hydroxyl groups excluding tert-OH is 1. The van der Waals surface area contributed by atoms with Gasteiger partial charge in [-0.1, -0.05) is 30.3 Å². The highest BCUT2D eigenvalue weighted by atomic mass is 32.2. The molecule has 7 heteroatoms. The van der Waals surface area contributed by atoms with Crippen LogP contribution in [-0.2, 0) is 29.3 Å². The molecule has 2 heterocycles. The Hall–Kier alpha value is -2.09. The van der Waals surface area contributed by atoms with Crippen LogP contribution in [0.25, 0.3) is 0 Å². The predicted molar refractivity (Wildman–Crippen MR) is 104 cm³/mol. The molecule has 2 N–H and O–H groups in total. The van der Waals surface area contributed by atoms with Crippen molar-refractivity contribution >= 4 is 17.7 Å². The number of rotatable bonds is 7. The van der Waals surface area contributed by atoms with E-state index >= 15 is 0 Å². The van der Waals surface area contributed by atoms with Crippen molar-refractivity contribution in [1.82, 2.24) is 9.88 Å². The van der Waals surface area contributed by atoms with Crippen LogP contribution in [0.2, 0.25) is 0 Å². The van der Waals surface area contributed by atoms with E-state index in [1.54, 1.807) is 29.8 Å². The van der Waals surface area contributed by atoms with Gasteiger partial charge in [-0.05, 0) is 12.5 Å². The van der Waals surface area contributed by atoms with E-state index in [1.165, 1.54) is 0 Å². The lowest BCUT2D eigenvalue weighted by molar-refractivity contribution is -0.133. The first-order chi connectivity index (χ1) is 13.1. The van der Waals surface area contributed by atoms with Crippen molar-refractivity contribution in [2.24, 2.45) is 0 Å². The molecule has 1 unspecified atom stereocenters. The summed E-state index contributed by atoms with van der Waals surface area (Å²) in [6.07, 6.45) is 2.01. The van der Waals surface area contributed by atoms with Gasteiger partial charge in [0.1, 0.15) is 11.1 Å². The number of aromatic nitrogens is 1. The Morgan fingerprint density at radius 1 is 1.33 bits per heavy atom. The van der Waals surface area contributed by atoms with Crippen LogP contribution in [0.5, 0.6) is 5.75 Å².